The summed E-state index contributed by atoms with van der Waals surface area (Å²) in [5.41, 5.74) is 33.3. The molecule has 39 heteroatoms. The summed E-state index contributed by atoms with van der Waals surface area (Å²) in [5.74, 6) is 7.25. The van der Waals surface area contributed by atoms with Crippen molar-refractivity contribution in [3.8, 4) is 23.0 Å². The van der Waals surface area contributed by atoms with Gasteiger partial charge in [-0.3, -0.25) is 19.9 Å². The number of aliphatic hydroxyl groups excluding tert-OH is 1. The van der Waals surface area contributed by atoms with Crippen LogP contribution in [0.3, 0.4) is 0 Å². The molecule has 9 heterocycles. The summed E-state index contributed by atoms with van der Waals surface area (Å²) in [6, 6.07) is 19.5. The van der Waals surface area contributed by atoms with Crippen molar-refractivity contribution in [3.63, 3.8) is 0 Å². The predicted octanol–water partition coefficient (Wildman–Crippen LogP) is 16.6. The van der Waals surface area contributed by atoms with Gasteiger partial charge < -0.3 is 112 Å². The third-order valence-electron chi connectivity index (χ3n) is 23.9. The van der Waals surface area contributed by atoms with E-state index in [2.05, 4.69) is 124 Å². The van der Waals surface area contributed by atoms with E-state index in [0.29, 0.717) is 88.9 Å². The van der Waals surface area contributed by atoms with Crippen LogP contribution in [0.4, 0.5) is 68.3 Å². The number of fused-ring (bicyclic) bond motifs is 4. The predicted molar refractivity (Wildman–Crippen MR) is 563 cm³/mol. The minimum absolute atomic E-state index is 0.0116. The van der Waals surface area contributed by atoms with Gasteiger partial charge in [-0.1, -0.05) is 0 Å². The number of piperidine rings is 1. The maximum Gasteiger partial charge on any atom is 0.225 e. The number of benzene rings is 4. The Kier molecular flexibility index (Phi) is 46.9. The molecule has 38 nitrogen and oxygen atoms in total. The zero-order chi connectivity index (χ0) is 101. The summed E-state index contributed by atoms with van der Waals surface area (Å²) < 4.78 is 63.2. The highest BCUT2D eigenvalue weighted by atomic mass is 19.1. The number of rotatable bonds is 33. The Hall–Kier alpha value is -12.8. The van der Waals surface area contributed by atoms with E-state index in [1.807, 2.05) is 118 Å². The Morgan fingerprint density at radius 2 is 0.746 bits per heavy atom. The molecule has 4 aliphatic carbocycles. The van der Waals surface area contributed by atoms with Crippen molar-refractivity contribution in [1.82, 2.24) is 84.6 Å². The van der Waals surface area contributed by atoms with Gasteiger partial charge in [-0.05, 0) is 247 Å². The first-order valence-corrected chi connectivity index (χ1v) is 49.9. The number of nitrogens with zero attached hydrogens (tertiary/aromatic N) is 18. The Morgan fingerprint density at radius 1 is 0.401 bits per heavy atom. The number of methoxy groups -OCH3 is 1. The van der Waals surface area contributed by atoms with E-state index in [1.54, 1.807) is 112 Å². The number of likely N-dealkylation sites (tertiary alicyclic amines) is 1. The highest BCUT2D eigenvalue weighted by Gasteiger charge is 2.31. The molecule has 5 aliphatic rings. The van der Waals surface area contributed by atoms with Crippen LogP contribution in [-0.2, 0) is 23.7 Å². The van der Waals surface area contributed by atoms with Crippen LogP contribution in [0, 0.1) is 5.82 Å². The Bertz CT molecular complexity index is 5610. The van der Waals surface area contributed by atoms with Crippen LogP contribution in [0.25, 0.3) is 44.1 Å². The van der Waals surface area contributed by atoms with Gasteiger partial charge in [0.15, 0.2) is 11.6 Å². The molecule has 1 aliphatic heterocycles. The summed E-state index contributed by atoms with van der Waals surface area (Å²) in [6.45, 7) is 30.1. The third kappa shape index (κ3) is 37.3. The highest BCUT2D eigenvalue weighted by molar-refractivity contribution is 5.87. The molecule has 770 valence electrons. The number of hydrogen-bond acceptors (Lipinski definition) is 38. The molecule has 0 atom stereocenters. The summed E-state index contributed by atoms with van der Waals surface area (Å²) >= 11 is 0. The first-order valence-electron chi connectivity index (χ1n) is 49.9. The summed E-state index contributed by atoms with van der Waals surface area (Å²) in [6.07, 6.45) is 39.7. The van der Waals surface area contributed by atoms with E-state index in [0.717, 1.165) is 236 Å². The zero-order valence-electron chi connectivity index (χ0n) is 85.3. The summed E-state index contributed by atoms with van der Waals surface area (Å²) in [7, 11) is 7.37. The fourth-order valence-electron chi connectivity index (χ4n) is 16.6. The molecular weight excluding hydrogens is 1810 g/mol. The van der Waals surface area contributed by atoms with Gasteiger partial charge in [0, 0.05) is 226 Å². The monoisotopic (exact) mass is 1960 g/mol. The van der Waals surface area contributed by atoms with Crippen LogP contribution in [-0.4, -0.2) is 258 Å². The lowest BCUT2D eigenvalue weighted by Crippen LogP contribution is -2.35. The van der Waals surface area contributed by atoms with Gasteiger partial charge in [0.2, 0.25) is 17.8 Å². The van der Waals surface area contributed by atoms with E-state index in [9.17, 15) is 9.50 Å². The lowest BCUT2D eigenvalue weighted by molar-refractivity contribution is 0.151. The fraction of sp³-hybridized carbons (Fsp3) is 0.534. The molecule has 15 N–H and O–H groups in total. The van der Waals surface area contributed by atoms with Crippen molar-refractivity contribution in [2.75, 3.05) is 174 Å². The quantitative estimate of drug-likeness (QED) is 0.0134. The smallest absolute Gasteiger partial charge is 0.225 e. The molecule has 8 aromatic heterocycles. The molecule has 4 saturated carbocycles. The second-order valence-corrected chi connectivity index (χ2v) is 35.7. The lowest BCUT2D eigenvalue weighted by atomic mass is 9.91. The number of nitrogens with two attached hydrogens (primary N) is 4. The number of aliphatic hydroxyl groups is 1. The number of aromatic nitrogens is 16. The van der Waals surface area contributed by atoms with Gasteiger partial charge in [0.1, 0.15) is 68.8 Å². The minimum Gasteiger partial charge on any atom is -0.488 e. The van der Waals surface area contributed by atoms with Gasteiger partial charge in [-0.25, -0.2) is 54.2 Å². The molecule has 0 unspecified atom stereocenters. The van der Waals surface area contributed by atoms with Crippen molar-refractivity contribution in [2.45, 2.75) is 245 Å². The van der Waals surface area contributed by atoms with E-state index in [1.165, 1.54) is 24.6 Å². The van der Waals surface area contributed by atoms with E-state index < -0.39 is 11.4 Å². The number of ether oxygens (including phenoxy) is 9. The second kappa shape index (κ2) is 59.8. The molecule has 0 amide bonds. The van der Waals surface area contributed by atoms with Crippen molar-refractivity contribution >= 4 is 108 Å². The average Bonchev–Trinajstić information content (AvgIpc) is 0.816. The molecule has 4 aromatic carbocycles. The molecular formula is C103H151FN28O10. The molecule has 1 saturated heterocycles. The fourth-order valence-corrected chi connectivity index (χ4v) is 16.6. The number of hydrogen-bond donors (Lipinski definition) is 11. The van der Waals surface area contributed by atoms with Crippen LogP contribution in [0.1, 0.15) is 196 Å². The Labute approximate surface area is 834 Å². The normalized spacial score (nSPS) is 18.4. The van der Waals surface area contributed by atoms with E-state index in [-0.39, 0.29) is 48.9 Å². The van der Waals surface area contributed by atoms with Crippen molar-refractivity contribution in [2.24, 2.45) is 0 Å². The highest BCUT2D eigenvalue weighted by Crippen LogP contribution is 2.38. The van der Waals surface area contributed by atoms with Crippen LogP contribution < -0.4 is 78.7 Å². The molecule has 142 heavy (non-hydrogen) atoms. The van der Waals surface area contributed by atoms with Gasteiger partial charge in [-0.2, -0.15) is 9.97 Å². The topological polar surface area (TPSA) is 492 Å². The van der Waals surface area contributed by atoms with E-state index >= 15 is 0 Å². The van der Waals surface area contributed by atoms with Crippen molar-refractivity contribution in [1.29, 1.82) is 0 Å². The molecule has 0 spiro atoms. The largest absolute Gasteiger partial charge is 0.488 e. The summed E-state index contributed by atoms with van der Waals surface area (Å²) in [4.78, 5) is 73.9. The van der Waals surface area contributed by atoms with Gasteiger partial charge >= 0.3 is 0 Å². The third-order valence-corrected chi connectivity index (χ3v) is 23.9. The molecule has 0 bridgehead atoms. The molecule has 17 rings (SSSR count). The summed E-state index contributed by atoms with van der Waals surface area (Å²) in [5, 5.41) is 29.6. The van der Waals surface area contributed by atoms with Crippen LogP contribution in [0.15, 0.2) is 141 Å². The molecule has 5 fully saturated rings. The first-order chi connectivity index (χ1) is 68.9. The first kappa shape index (κ1) is 111. The van der Waals surface area contributed by atoms with Crippen LogP contribution in [0.2, 0.25) is 0 Å². The maximum absolute atomic E-state index is 13.8. The Balaban J connectivity index is 0.000000182. The minimum atomic E-state index is -0.448. The van der Waals surface area contributed by atoms with Crippen LogP contribution in [0.5, 0.6) is 23.0 Å². The zero-order valence-corrected chi connectivity index (χ0v) is 85.3. The number of nitrogens with one attached hydrogen (secondary N) is 6. The SMILES string of the molecule is CC(C)(CO)Nc1ccnc(NC2CCC(Oc3cc(N)cc4nccnc34)CC2)n1.CCOCC.CCOCC.CCOCC.CCOCC.CN(C)c1nc(NC2CCC(Oc3cc(N)cc4nccnc34)CC2)ncc1F.CN1CCC(c2cnc(NC3CCC(Oc4cc(N)cc5nccnc45)CC3)nc2)CC1.COCCNc1cc(NC2CCC(Oc3cc(N)cc4nccnc34)CC2)ncn1. The van der Waals surface area contributed by atoms with Gasteiger partial charge in [0.25, 0.3) is 0 Å². The number of anilines is 11. The number of halogens is 1. The molecule has 12 aromatic rings. The van der Waals surface area contributed by atoms with Crippen molar-refractivity contribution in [3.05, 3.63) is 153 Å². The average molecular weight is 1960 g/mol. The lowest BCUT2D eigenvalue weighted by Gasteiger charge is -2.30. The van der Waals surface area contributed by atoms with Gasteiger partial charge in [-0.15, -0.1) is 0 Å². The Morgan fingerprint density at radius 3 is 1.10 bits per heavy atom. The number of nitrogen functional groups attached to an aromatic ring is 4. The maximum atomic E-state index is 13.8. The standard InChI is InChI=1S/C24H31N7O.C22H29N7O2.C21H27N7O2.C20H24FN7O.4C4H10O/c1-31-10-6-16(7-11-31)17-14-28-24(29-15-17)30-19-2-4-20(5-3-19)32-22-13-18(25)12-21-23(22)27-9-8-26-21;1-22(2,13-30)29-19-7-8-26-21(28-19)27-15-3-5-16(6-4-15)31-18-12-14(23)11-17-20(18)25-10-9-24-17;1-29-9-8-24-19-12-20(27-13-26-19)28-15-2-4-16(5-3-15)30-18-11-14(22)10-17-21(18)25-7-6-23-17;1-28(2)19-15(21)11-25-20(27-19)26-13-3-5-14(6-4-13)29-17-10-12(22)9-16-18(17)24-8-7-23-16;4*1-3-5-4-2/h8-9,12-16,19-20H,2-7,10-11,25H2,1H3,(H,28,29,30);7-12,15-16,30H,3-6,13,23H2,1-2H3,(H2,26,27,28,29);6-7,10-13,15-16H,2-5,8-9,22H2,1H3,(H2,24,26,27,28);7-11,13-14H,3-6,22H2,1-2H3,(H,25,26,27);4*3-4H2,1-2H3. The van der Waals surface area contributed by atoms with Crippen molar-refractivity contribution < 1.29 is 52.1 Å². The van der Waals surface area contributed by atoms with E-state index in [4.69, 9.17) is 65.6 Å². The van der Waals surface area contributed by atoms with Crippen LogP contribution >= 0.6 is 0 Å². The molecule has 0 radical (unpaired) electrons. The second-order valence-electron chi connectivity index (χ2n) is 35.7. The van der Waals surface area contributed by atoms with Gasteiger partial charge in [0.05, 0.1) is 71.4 Å².